The molecular weight excluding hydrogens is 302 g/mol. The summed E-state index contributed by atoms with van der Waals surface area (Å²) in [7, 11) is 2.04. The monoisotopic (exact) mass is 329 g/mol. The number of aryl methyl sites for hydroxylation is 2. The molecule has 0 aliphatic carbocycles. The van der Waals surface area contributed by atoms with Crippen molar-refractivity contribution in [1.82, 2.24) is 15.1 Å². The van der Waals surface area contributed by atoms with Crippen LogP contribution in [0.15, 0.2) is 4.47 Å². The highest BCUT2D eigenvalue weighted by Crippen LogP contribution is 2.27. The van der Waals surface area contributed by atoms with Crippen LogP contribution in [0.2, 0.25) is 0 Å². The van der Waals surface area contributed by atoms with Gasteiger partial charge in [0.05, 0.1) is 15.9 Å². The second-order valence-electron chi connectivity index (χ2n) is 6.41. The molecule has 0 aliphatic heterocycles. The first kappa shape index (κ1) is 16.7. The van der Waals surface area contributed by atoms with E-state index in [1.807, 2.05) is 11.7 Å². The summed E-state index contributed by atoms with van der Waals surface area (Å²) in [4.78, 5) is 0. The molecule has 1 N–H and O–H groups in total. The van der Waals surface area contributed by atoms with E-state index < -0.39 is 0 Å². The van der Waals surface area contributed by atoms with Gasteiger partial charge in [-0.1, -0.05) is 34.6 Å². The molecule has 19 heavy (non-hydrogen) atoms. The van der Waals surface area contributed by atoms with E-state index >= 15 is 0 Å². The third kappa shape index (κ3) is 4.92. The number of hydrogen-bond donors (Lipinski definition) is 1. The van der Waals surface area contributed by atoms with Gasteiger partial charge in [0.2, 0.25) is 0 Å². The lowest BCUT2D eigenvalue weighted by atomic mass is 9.86. The molecule has 1 rings (SSSR count). The minimum atomic E-state index is 0.339. The Morgan fingerprint density at radius 3 is 2.37 bits per heavy atom. The van der Waals surface area contributed by atoms with E-state index in [9.17, 15) is 0 Å². The molecule has 0 fully saturated rings. The van der Waals surface area contributed by atoms with Crippen molar-refractivity contribution in [2.24, 2.45) is 12.5 Å². The van der Waals surface area contributed by atoms with Crippen LogP contribution in [0, 0.1) is 5.41 Å². The number of hydrogen-bond acceptors (Lipinski definition) is 2. The molecule has 0 amide bonds. The average Bonchev–Trinajstić information content (AvgIpc) is 2.54. The second-order valence-corrected chi connectivity index (χ2v) is 7.20. The van der Waals surface area contributed by atoms with Crippen LogP contribution < -0.4 is 5.32 Å². The molecule has 110 valence electrons. The number of halogens is 1. The van der Waals surface area contributed by atoms with E-state index in [0.29, 0.717) is 11.5 Å². The lowest BCUT2D eigenvalue weighted by Crippen LogP contribution is -2.35. The zero-order valence-corrected chi connectivity index (χ0v) is 14.8. The zero-order chi connectivity index (χ0) is 14.6. The van der Waals surface area contributed by atoms with Crippen LogP contribution >= 0.6 is 15.9 Å². The van der Waals surface area contributed by atoms with Gasteiger partial charge in [-0.05, 0) is 40.7 Å². The summed E-state index contributed by atoms with van der Waals surface area (Å²) < 4.78 is 3.21. The van der Waals surface area contributed by atoms with E-state index in [1.165, 1.54) is 16.6 Å². The van der Waals surface area contributed by atoms with Gasteiger partial charge in [-0.25, -0.2) is 0 Å². The van der Waals surface area contributed by atoms with Gasteiger partial charge >= 0.3 is 0 Å². The number of nitrogens with zero attached hydrogens (tertiary/aromatic N) is 2. The molecule has 1 heterocycles. The Balaban J connectivity index is 2.87. The summed E-state index contributed by atoms with van der Waals surface area (Å²) >= 11 is 3.71. The first-order valence-corrected chi connectivity index (χ1v) is 8.01. The molecule has 0 aliphatic rings. The number of aromatic nitrogens is 2. The Morgan fingerprint density at radius 2 is 1.95 bits per heavy atom. The highest BCUT2D eigenvalue weighted by Gasteiger charge is 2.22. The van der Waals surface area contributed by atoms with Crippen LogP contribution in [0.1, 0.15) is 52.4 Å². The SMILES string of the molecule is CCNC(Cc1c(Br)c(CC)nn1C)CC(C)(C)C. The molecule has 3 nitrogen and oxygen atoms in total. The van der Waals surface area contributed by atoms with E-state index in [4.69, 9.17) is 0 Å². The Hall–Kier alpha value is -0.350. The average molecular weight is 330 g/mol. The zero-order valence-electron chi connectivity index (χ0n) is 13.2. The molecule has 0 saturated heterocycles. The van der Waals surface area contributed by atoms with Gasteiger partial charge in [0.15, 0.2) is 0 Å². The van der Waals surface area contributed by atoms with Gasteiger partial charge in [0, 0.05) is 19.5 Å². The van der Waals surface area contributed by atoms with Crippen LogP contribution in [-0.4, -0.2) is 22.4 Å². The summed E-state index contributed by atoms with van der Waals surface area (Å²) in [6.45, 7) is 12.2. The van der Waals surface area contributed by atoms with Crippen molar-refractivity contribution >= 4 is 15.9 Å². The molecule has 1 atom stereocenters. The first-order valence-electron chi connectivity index (χ1n) is 7.22. The fourth-order valence-corrected chi connectivity index (χ4v) is 3.30. The minimum absolute atomic E-state index is 0.339. The maximum absolute atomic E-state index is 4.58. The molecule has 1 aromatic rings. The van der Waals surface area contributed by atoms with Gasteiger partial charge in [0.1, 0.15) is 0 Å². The van der Waals surface area contributed by atoms with Crippen molar-refractivity contribution in [3.05, 3.63) is 15.9 Å². The Kier molecular flexibility index (Phi) is 6.06. The predicted octanol–water partition coefficient (Wildman–Crippen LogP) is 3.70. The van der Waals surface area contributed by atoms with E-state index in [2.05, 4.69) is 61.0 Å². The lowest BCUT2D eigenvalue weighted by Gasteiger charge is -2.26. The van der Waals surface area contributed by atoms with Crippen LogP contribution in [0.4, 0.5) is 0 Å². The minimum Gasteiger partial charge on any atom is -0.314 e. The van der Waals surface area contributed by atoms with Gasteiger partial charge in [0.25, 0.3) is 0 Å². The maximum atomic E-state index is 4.58. The van der Waals surface area contributed by atoms with Crippen molar-refractivity contribution in [2.45, 2.75) is 59.9 Å². The molecular formula is C15H28BrN3. The van der Waals surface area contributed by atoms with E-state index in [0.717, 1.165) is 25.1 Å². The highest BCUT2D eigenvalue weighted by atomic mass is 79.9. The topological polar surface area (TPSA) is 29.9 Å². The molecule has 0 aromatic carbocycles. The third-order valence-corrected chi connectivity index (χ3v) is 4.21. The third-order valence-electron chi connectivity index (χ3n) is 3.29. The number of rotatable bonds is 6. The molecule has 1 aromatic heterocycles. The van der Waals surface area contributed by atoms with E-state index in [1.54, 1.807) is 0 Å². The Bertz CT molecular complexity index is 404. The summed E-state index contributed by atoms with van der Waals surface area (Å²) in [5.41, 5.74) is 2.79. The Morgan fingerprint density at radius 1 is 1.32 bits per heavy atom. The van der Waals surface area contributed by atoms with Crippen molar-refractivity contribution in [1.29, 1.82) is 0 Å². The van der Waals surface area contributed by atoms with Gasteiger partial charge < -0.3 is 5.32 Å². The molecule has 0 spiro atoms. The summed E-state index contributed by atoms with van der Waals surface area (Å²) in [5.74, 6) is 0. The maximum Gasteiger partial charge on any atom is 0.0766 e. The largest absolute Gasteiger partial charge is 0.314 e. The van der Waals surface area contributed by atoms with Gasteiger partial charge in [-0.2, -0.15) is 5.10 Å². The predicted molar refractivity (Wildman–Crippen MR) is 85.5 cm³/mol. The standard InChI is InChI=1S/C15H28BrN3/c1-7-12-14(16)13(19(6)18-12)9-11(17-8-2)10-15(3,4)5/h11,17H,7-10H2,1-6H3. The lowest BCUT2D eigenvalue weighted by molar-refractivity contribution is 0.306. The summed E-state index contributed by atoms with van der Waals surface area (Å²) in [6, 6.07) is 0.501. The number of nitrogens with one attached hydrogen (secondary N) is 1. The molecule has 1 unspecified atom stereocenters. The van der Waals surface area contributed by atoms with Crippen molar-refractivity contribution in [2.75, 3.05) is 6.54 Å². The van der Waals surface area contributed by atoms with Crippen LogP contribution in [0.25, 0.3) is 0 Å². The second kappa shape index (κ2) is 6.89. The van der Waals surface area contributed by atoms with Crippen LogP contribution in [0.3, 0.4) is 0 Å². The van der Waals surface area contributed by atoms with Crippen molar-refractivity contribution < 1.29 is 0 Å². The van der Waals surface area contributed by atoms with Crippen LogP contribution in [0.5, 0.6) is 0 Å². The fraction of sp³-hybridized carbons (Fsp3) is 0.800. The van der Waals surface area contributed by atoms with Gasteiger partial charge in [-0.15, -0.1) is 0 Å². The smallest absolute Gasteiger partial charge is 0.0766 e. The van der Waals surface area contributed by atoms with Crippen molar-refractivity contribution in [3.8, 4) is 0 Å². The van der Waals surface area contributed by atoms with E-state index in [-0.39, 0.29) is 0 Å². The Labute approximate surface area is 126 Å². The quantitative estimate of drug-likeness (QED) is 0.862. The molecule has 4 heteroatoms. The summed E-state index contributed by atoms with van der Waals surface area (Å²) in [5, 5.41) is 8.19. The molecule has 0 bridgehead atoms. The number of likely N-dealkylation sites (N-methyl/N-ethyl adjacent to an activating group) is 1. The molecule has 0 radical (unpaired) electrons. The highest BCUT2D eigenvalue weighted by molar-refractivity contribution is 9.10. The van der Waals surface area contributed by atoms with Gasteiger partial charge in [-0.3, -0.25) is 4.68 Å². The fourth-order valence-electron chi connectivity index (χ4n) is 2.52. The van der Waals surface area contributed by atoms with Crippen molar-refractivity contribution in [3.63, 3.8) is 0 Å². The summed E-state index contributed by atoms with van der Waals surface area (Å²) in [6.07, 6.45) is 3.16. The normalized spacial score (nSPS) is 13.8. The van der Waals surface area contributed by atoms with Crippen LogP contribution in [-0.2, 0) is 19.9 Å². The molecule has 0 saturated carbocycles. The first-order chi connectivity index (χ1) is 8.78.